The van der Waals surface area contributed by atoms with Crippen molar-refractivity contribution < 1.29 is 23.8 Å². The molecule has 0 aromatic heterocycles. The van der Waals surface area contributed by atoms with E-state index in [1.165, 1.54) is 7.11 Å². The number of piperidine rings is 1. The maximum atomic E-state index is 13.8. The van der Waals surface area contributed by atoms with Gasteiger partial charge in [-0.2, -0.15) is 0 Å². The second kappa shape index (κ2) is 11.4. The van der Waals surface area contributed by atoms with Gasteiger partial charge in [0.1, 0.15) is 17.4 Å². The molecule has 2 saturated heterocycles. The predicted molar refractivity (Wildman–Crippen MR) is 134 cm³/mol. The van der Waals surface area contributed by atoms with Crippen LogP contribution in [0.15, 0.2) is 48.5 Å². The summed E-state index contributed by atoms with van der Waals surface area (Å²) in [4.78, 5) is 27.8. The number of methoxy groups -OCH3 is 1. The summed E-state index contributed by atoms with van der Waals surface area (Å²) in [6.45, 7) is 4.56. The Morgan fingerprint density at radius 2 is 1.91 bits per heavy atom. The molecule has 1 amide bonds. The first kappa shape index (κ1) is 25.5. The lowest BCUT2D eigenvalue weighted by Crippen LogP contribution is -2.64. The zero-order valence-electron chi connectivity index (χ0n) is 20.3. The maximum absolute atomic E-state index is 13.8. The number of carbonyl (C=O) groups excluding carboxylic acids is 2. The molecule has 8 heteroatoms. The molecule has 0 spiro atoms. The van der Waals surface area contributed by atoms with Gasteiger partial charge >= 0.3 is 5.97 Å². The molecule has 7 nitrogen and oxygen atoms in total. The monoisotopic (exact) mass is 500 g/mol. The fourth-order valence-electron chi connectivity index (χ4n) is 4.99. The second-order valence-corrected chi connectivity index (χ2v) is 9.67. The van der Waals surface area contributed by atoms with Gasteiger partial charge in [-0.25, -0.2) is 4.79 Å². The molecular weight excluding hydrogens is 468 g/mol. The molecule has 0 bridgehead atoms. The summed E-state index contributed by atoms with van der Waals surface area (Å²) < 4.78 is 16.7. The lowest BCUT2D eigenvalue weighted by Gasteiger charge is -2.48. The van der Waals surface area contributed by atoms with Crippen molar-refractivity contribution in [2.75, 3.05) is 33.4 Å². The summed E-state index contributed by atoms with van der Waals surface area (Å²) in [5.41, 5.74) is 0.762. The van der Waals surface area contributed by atoms with Crippen LogP contribution in [-0.2, 0) is 14.3 Å². The van der Waals surface area contributed by atoms with Crippen LogP contribution in [0.25, 0.3) is 0 Å². The minimum Gasteiger partial charge on any atom is -0.489 e. The van der Waals surface area contributed by atoms with E-state index < -0.39 is 5.54 Å². The van der Waals surface area contributed by atoms with E-state index in [1.807, 2.05) is 43.3 Å². The van der Waals surface area contributed by atoms with E-state index in [2.05, 4.69) is 10.2 Å². The van der Waals surface area contributed by atoms with Crippen molar-refractivity contribution in [1.82, 2.24) is 10.2 Å². The van der Waals surface area contributed by atoms with E-state index in [0.29, 0.717) is 43.2 Å². The number of rotatable bonds is 7. The minimum absolute atomic E-state index is 0.00810. The van der Waals surface area contributed by atoms with Crippen LogP contribution < -0.4 is 10.1 Å². The van der Waals surface area contributed by atoms with Crippen LogP contribution in [0.2, 0.25) is 5.02 Å². The lowest BCUT2D eigenvalue weighted by molar-refractivity contribution is -0.144. The summed E-state index contributed by atoms with van der Waals surface area (Å²) in [6.07, 6.45) is 3.14. The van der Waals surface area contributed by atoms with Gasteiger partial charge in [0, 0.05) is 24.8 Å². The third-order valence-corrected chi connectivity index (χ3v) is 7.24. The molecule has 2 aromatic rings. The number of likely N-dealkylation sites (tertiary alicyclic amines) is 1. The fraction of sp³-hybridized carbons (Fsp3) is 0.481. The molecule has 2 heterocycles. The molecule has 2 aliphatic heterocycles. The van der Waals surface area contributed by atoms with Crippen molar-refractivity contribution in [3.63, 3.8) is 0 Å². The SMILES string of the molecule is COC(=O)c1ccc([C@H](C)NC(=O)C2(N3CCC[C@H](Oc4cccc(Cl)c4)C3)CCOCC2)cc1. The molecule has 4 rings (SSSR count). The maximum Gasteiger partial charge on any atom is 0.337 e. The third-order valence-electron chi connectivity index (χ3n) is 7.00. The van der Waals surface area contributed by atoms with Crippen LogP contribution in [0.1, 0.15) is 54.6 Å². The predicted octanol–water partition coefficient (Wildman–Crippen LogP) is 4.40. The number of benzene rings is 2. The molecule has 0 radical (unpaired) electrons. The molecule has 2 aromatic carbocycles. The van der Waals surface area contributed by atoms with Crippen molar-refractivity contribution in [1.29, 1.82) is 0 Å². The van der Waals surface area contributed by atoms with Crippen LogP contribution in [0, 0.1) is 0 Å². The number of ether oxygens (including phenoxy) is 3. The Kier molecular flexibility index (Phi) is 8.31. The van der Waals surface area contributed by atoms with Gasteiger partial charge < -0.3 is 19.5 Å². The number of nitrogens with one attached hydrogen (secondary N) is 1. The average molecular weight is 501 g/mol. The Balaban J connectivity index is 1.47. The highest BCUT2D eigenvalue weighted by Gasteiger charge is 2.47. The third kappa shape index (κ3) is 5.97. The number of nitrogens with zero attached hydrogens (tertiary/aromatic N) is 1. The highest BCUT2D eigenvalue weighted by atomic mass is 35.5. The number of hydrogen-bond donors (Lipinski definition) is 1. The Labute approximate surface area is 211 Å². The number of halogens is 1. The first-order chi connectivity index (χ1) is 16.9. The molecule has 2 atom stereocenters. The first-order valence-corrected chi connectivity index (χ1v) is 12.5. The van der Waals surface area contributed by atoms with Gasteiger partial charge in [0.05, 0.1) is 18.7 Å². The molecule has 188 valence electrons. The Morgan fingerprint density at radius 3 is 2.60 bits per heavy atom. The molecule has 35 heavy (non-hydrogen) atoms. The molecule has 0 aliphatic carbocycles. The summed E-state index contributed by atoms with van der Waals surface area (Å²) in [6, 6.07) is 14.4. The summed E-state index contributed by atoms with van der Waals surface area (Å²) in [5.74, 6) is 0.377. The fourth-order valence-corrected chi connectivity index (χ4v) is 5.17. The van der Waals surface area contributed by atoms with E-state index in [9.17, 15) is 9.59 Å². The zero-order valence-corrected chi connectivity index (χ0v) is 21.1. The van der Waals surface area contributed by atoms with Crippen molar-refractivity contribution >= 4 is 23.5 Å². The molecule has 1 N–H and O–H groups in total. The zero-order chi connectivity index (χ0) is 24.8. The van der Waals surface area contributed by atoms with E-state index in [0.717, 1.165) is 30.7 Å². The van der Waals surface area contributed by atoms with E-state index in [1.54, 1.807) is 12.1 Å². The first-order valence-electron chi connectivity index (χ1n) is 12.2. The topological polar surface area (TPSA) is 77.1 Å². The van der Waals surface area contributed by atoms with E-state index in [-0.39, 0.29) is 24.0 Å². The van der Waals surface area contributed by atoms with Crippen LogP contribution in [0.4, 0.5) is 0 Å². The standard InChI is InChI=1S/C27H33ClN2O5/c1-19(20-8-10-21(11-9-20)25(31)33-2)29-26(32)27(12-15-34-16-13-27)30-14-4-7-24(18-30)35-23-6-3-5-22(28)17-23/h3,5-6,8-11,17,19,24H,4,7,12-16,18H2,1-2H3,(H,29,32)/t19-,24-/m0/s1. The molecule has 2 aliphatic rings. The van der Waals surface area contributed by atoms with Gasteiger partial charge in [-0.1, -0.05) is 29.8 Å². The number of hydrogen-bond acceptors (Lipinski definition) is 6. The van der Waals surface area contributed by atoms with Gasteiger partial charge in [-0.15, -0.1) is 0 Å². The van der Waals surface area contributed by atoms with Crippen LogP contribution in [0.5, 0.6) is 5.75 Å². The van der Waals surface area contributed by atoms with Gasteiger partial charge in [0.2, 0.25) is 5.91 Å². The molecule has 0 unspecified atom stereocenters. The van der Waals surface area contributed by atoms with Crippen molar-refractivity contribution in [2.45, 2.75) is 50.3 Å². The Hall–Kier alpha value is -2.61. The Morgan fingerprint density at radius 1 is 1.17 bits per heavy atom. The molecule has 2 fully saturated rings. The molecular formula is C27H33ClN2O5. The van der Waals surface area contributed by atoms with Crippen LogP contribution in [0.3, 0.4) is 0 Å². The lowest BCUT2D eigenvalue weighted by atomic mass is 9.84. The quantitative estimate of drug-likeness (QED) is 0.568. The summed E-state index contributed by atoms with van der Waals surface area (Å²) in [7, 11) is 1.36. The normalized spacial score (nSPS) is 21.1. The largest absolute Gasteiger partial charge is 0.489 e. The second-order valence-electron chi connectivity index (χ2n) is 9.24. The Bertz CT molecular complexity index is 1020. The number of esters is 1. The van der Waals surface area contributed by atoms with Crippen LogP contribution >= 0.6 is 11.6 Å². The van der Waals surface area contributed by atoms with Crippen LogP contribution in [-0.4, -0.2) is 61.8 Å². The number of amides is 1. The average Bonchev–Trinajstić information content (AvgIpc) is 2.89. The minimum atomic E-state index is -0.644. The molecule has 0 saturated carbocycles. The van der Waals surface area contributed by atoms with Crippen molar-refractivity contribution in [3.8, 4) is 5.75 Å². The summed E-state index contributed by atoms with van der Waals surface area (Å²) >= 11 is 6.13. The van der Waals surface area contributed by atoms with E-state index >= 15 is 0 Å². The van der Waals surface area contributed by atoms with Gasteiger partial charge in [-0.3, -0.25) is 9.69 Å². The van der Waals surface area contributed by atoms with Gasteiger partial charge in [0.15, 0.2) is 0 Å². The van der Waals surface area contributed by atoms with Crippen molar-refractivity contribution in [3.05, 3.63) is 64.7 Å². The van der Waals surface area contributed by atoms with E-state index in [4.69, 9.17) is 25.8 Å². The van der Waals surface area contributed by atoms with Gasteiger partial charge in [-0.05, 0) is 75.0 Å². The van der Waals surface area contributed by atoms with Crippen molar-refractivity contribution in [2.24, 2.45) is 0 Å². The summed E-state index contributed by atoms with van der Waals surface area (Å²) in [5, 5.41) is 3.87. The van der Waals surface area contributed by atoms with Gasteiger partial charge in [0.25, 0.3) is 0 Å². The highest BCUT2D eigenvalue weighted by Crippen LogP contribution is 2.33. The highest BCUT2D eigenvalue weighted by molar-refractivity contribution is 6.30. The number of carbonyl (C=O) groups is 2. The smallest absolute Gasteiger partial charge is 0.337 e.